The quantitative estimate of drug-likeness (QED) is 0.518. The molecule has 3 amide bonds. The molecular formula is C23H21N3O5S2. The van der Waals surface area contributed by atoms with Gasteiger partial charge in [0, 0.05) is 42.8 Å². The number of carbonyl (C=O) groups is 3. The second-order valence-electron chi connectivity index (χ2n) is 7.58. The van der Waals surface area contributed by atoms with Crippen LogP contribution in [0.3, 0.4) is 0 Å². The Balaban J connectivity index is 1.50. The SMILES string of the molecule is CSCCn1c(=NC(=O)c2ccc(N3C(=O)CCC3=O)cc2)sc2cc3c(cc21)OCCO3. The number of amides is 3. The minimum absolute atomic E-state index is 0.219. The molecule has 5 rings (SSSR count). The van der Waals surface area contributed by atoms with Crippen molar-refractivity contribution in [2.24, 2.45) is 4.99 Å². The molecule has 0 unspecified atom stereocenters. The van der Waals surface area contributed by atoms with Crippen LogP contribution in [-0.2, 0) is 16.1 Å². The van der Waals surface area contributed by atoms with Crippen molar-refractivity contribution >= 4 is 56.7 Å². The first-order valence-corrected chi connectivity index (χ1v) is 12.7. The summed E-state index contributed by atoms with van der Waals surface area (Å²) in [6.45, 7) is 1.72. The summed E-state index contributed by atoms with van der Waals surface area (Å²) in [4.78, 5) is 43.0. The number of thiazole rings is 1. The maximum absolute atomic E-state index is 13.0. The first-order chi connectivity index (χ1) is 16.0. The van der Waals surface area contributed by atoms with E-state index in [4.69, 9.17) is 9.47 Å². The third-order valence-electron chi connectivity index (χ3n) is 5.49. The molecule has 0 saturated carbocycles. The van der Waals surface area contributed by atoms with Crippen LogP contribution in [0.25, 0.3) is 10.2 Å². The highest BCUT2D eigenvalue weighted by Crippen LogP contribution is 2.35. The summed E-state index contributed by atoms with van der Waals surface area (Å²) in [6.07, 6.45) is 2.47. The number of benzene rings is 2. The second kappa shape index (κ2) is 9.03. The number of hydrogen-bond donors (Lipinski definition) is 0. The Morgan fingerprint density at radius 1 is 1.06 bits per heavy atom. The van der Waals surface area contributed by atoms with Gasteiger partial charge in [0.2, 0.25) is 11.8 Å². The number of anilines is 1. The molecule has 2 aliphatic heterocycles. The van der Waals surface area contributed by atoms with Gasteiger partial charge in [0.25, 0.3) is 5.91 Å². The summed E-state index contributed by atoms with van der Waals surface area (Å²) in [5.41, 5.74) is 1.81. The third kappa shape index (κ3) is 4.16. The van der Waals surface area contributed by atoms with Gasteiger partial charge < -0.3 is 14.0 Å². The topological polar surface area (TPSA) is 90.2 Å². The van der Waals surface area contributed by atoms with E-state index in [1.165, 1.54) is 16.2 Å². The normalized spacial score (nSPS) is 16.2. The van der Waals surface area contributed by atoms with Crippen LogP contribution in [0.15, 0.2) is 41.4 Å². The van der Waals surface area contributed by atoms with Crippen LogP contribution in [0, 0.1) is 0 Å². The van der Waals surface area contributed by atoms with Crippen molar-refractivity contribution in [2.75, 3.05) is 30.1 Å². The molecule has 0 spiro atoms. The summed E-state index contributed by atoms with van der Waals surface area (Å²) >= 11 is 3.14. The molecule has 0 atom stereocenters. The van der Waals surface area contributed by atoms with Gasteiger partial charge in [-0.2, -0.15) is 16.8 Å². The van der Waals surface area contributed by atoms with Gasteiger partial charge >= 0.3 is 0 Å². The lowest BCUT2D eigenvalue weighted by Crippen LogP contribution is -2.28. The lowest BCUT2D eigenvalue weighted by Gasteiger charge is -2.18. The fraction of sp³-hybridized carbons (Fsp3) is 0.304. The smallest absolute Gasteiger partial charge is 0.279 e. The second-order valence-corrected chi connectivity index (χ2v) is 9.57. The van der Waals surface area contributed by atoms with E-state index in [1.807, 2.05) is 23.0 Å². The average Bonchev–Trinajstić information content (AvgIpc) is 3.34. The molecule has 2 aromatic carbocycles. The van der Waals surface area contributed by atoms with Gasteiger partial charge in [0.1, 0.15) is 13.2 Å². The van der Waals surface area contributed by atoms with Gasteiger partial charge in [-0.25, -0.2) is 0 Å². The molecule has 0 N–H and O–H groups in total. The molecule has 0 radical (unpaired) electrons. The Morgan fingerprint density at radius 3 is 2.39 bits per heavy atom. The number of hydrogen-bond acceptors (Lipinski definition) is 7. The standard InChI is InChI=1S/C23H21N3O5S2/c1-32-11-8-25-16-12-17-18(31-10-9-30-17)13-19(16)33-23(25)24-22(29)14-2-4-15(5-3-14)26-20(27)6-7-21(26)28/h2-5,12-13H,6-11H2,1H3. The van der Waals surface area contributed by atoms with Crippen LogP contribution in [-0.4, -0.2) is 47.5 Å². The molecule has 33 heavy (non-hydrogen) atoms. The number of aromatic nitrogens is 1. The predicted octanol–water partition coefficient (Wildman–Crippen LogP) is 3.23. The average molecular weight is 484 g/mol. The van der Waals surface area contributed by atoms with E-state index in [9.17, 15) is 14.4 Å². The van der Waals surface area contributed by atoms with Crippen molar-refractivity contribution in [3.05, 3.63) is 46.8 Å². The predicted molar refractivity (Wildman–Crippen MR) is 127 cm³/mol. The van der Waals surface area contributed by atoms with Crippen molar-refractivity contribution in [1.29, 1.82) is 0 Å². The van der Waals surface area contributed by atoms with Crippen molar-refractivity contribution in [3.8, 4) is 11.5 Å². The molecule has 1 saturated heterocycles. The highest BCUT2D eigenvalue weighted by Gasteiger charge is 2.30. The lowest BCUT2D eigenvalue weighted by molar-refractivity contribution is -0.121. The maximum atomic E-state index is 13.0. The molecule has 2 aliphatic rings. The minimum Gasteiger partial charge on any atom is -0.486 e. The summed E-state index contributed by atoms with van der Waals surface area (Å²) in [5, 5.41) is 0. The van der Waals surface area contributed by atoms with E-state index in [0.29, 0.717) is 47.3 Å². The zero-order valence-electron chi connectivity index (χ0n) is 17.9. The fourth-order valence-corrected chi connectivity index (χ4v) is 5.29. The fourth-order valence-electron chi connectivity index (χ4n) is 3.86. The number of aryl methyl sites for hydroxylation is 1. The van der Waals surface area contributed by atoms with Crippen LogP contribution in [0.1, 0.15) is 23.2 Å². The summed E-state index contributed by atoms with van der Waals surface area (Å²) in [5.74, 6) is 1.44. The number of fused-ring (bicyclic) bond motifs is 2. The number of rotatable bonds is 5. The first kappa shape index (κ1) is 21.7. The monoisotopic (exact) mass is 483 g/mol. The van der Waals surface area contributed by atoms with E-state index in [0.717, 1.165) is 16.0 Å². The molecule has 1 aromatic heterocycles. The van der Waals surface area contributed by atoms with Crippen LogP contribution in [0.2, 0.25) is 0 Å². The lowest BCUT2D eigenvalue weighted by atomic mass is 10.2. The Bertz CT molecular complexity index is 1310. The zero-order chi connectivity index (χ0) is 22.9. The first-order valence-electron chi connectivity index (χ1n) is 10.5. The molecule has 3 aromatic rings. The number of imide groups is 1. The van der Waals surface area contributed by atoms with E-state index >= 15 is 0 Å². The van der Waals surface area contributed by atoms with Crippen molar-refractivity contribution < 1.29 is 23.9 Å². The highest BCUT2D eigenvalue weighted by molar-refractivity contribution is 7.98. The van der Waals surface area contributed by atoms with Crippen LogP contribution in [0.4, 0.5) is 5.69 Å². The Morgan fingerprint density at radius 2 is 1.73 bits per heavy atom. The van der Waals surface area contributed by atoms with E-state index in [-0.39, 0.29) is 30.6 Å². The Kier molecular flexibility index (Phi) is 5.94. The van der Waals surface area contributed by atoms with Gasteiger partial charge in [-0.05, 0) is 30.5 Å². The van der Waals surface area contributed by atoms with Crippen molar-refractivity contribution in [3.63, 3.8) is 0 Å². The number of thioether (sulfide) groups is 1. The van der Waals surface area contributed by atoms with Gasteiger partial charge in [0.15, 0.2) is 16.3 Å². The van der Waals surface area contributed by atoms with Gasteiger partial charge in [-0.1, -0.05) is 11.3 Å². The maximum Gasteiger partial charge on any atom is 0.279 e. The summed E-state index contributed by atoms with van der Waals surface area (Å²) < 4.78 is 14.4. The molecule has 8 nitrogen and oxygen atoms in total. The summed E-state index contributed by atoms with van der Waals surface area (Å²) in [7, 11) is 0. The zero-order valence-corrected chi connectivity index (χ0v) is 19.5. The van der Waals surface area contributed by atoms with E-state index < -0.39 is 0 Å². The van der Waals surface area contributed by atoms with Gasteiger partial charge in [-0.3, -0.25) is 19.3 Å². The van der Waals surface area contributed by atoms with Crippen LogP contribution < -0.4 is 19.2 Å². The summed E-state index contributed by atoms with van der Waals surface area (Å²) in [6, 6.07) is 10.3. The third-order valence-corrected chi connectivity index (χ3v) is 7.12. The molecule has 0 aliphatic carbocycles. The molecular weight excluding hydrogens is 462 g/mol. The number of carbonyl (C=O) groups excluding carboxylic acids is 3. The van der Waals surface area contributed by atoms with E-state index in [1.54, 1.807) is 36.0 Å². The van der Waals surface area contributed by atoms with Crippen molar-refractivity contribution in [1.82, 2.24) is 4.57 Å². The Labute approximate surface area is 197 Å². The molecule has 3 heterocycles. The Hall–Kier alpha value is -3.11. The highest BCUT2D eigenvalue weighted by atomic mass is 32.2. The molecule has 10 heteroatoms. The molecule has 170 valence electrons. The largest absolute Gasteiger partial charge is 0.486 e. The molecule has 1 fully saturated rings. The van der Waals surface area contributed by atoms with Crippen LogP contribution >= 0.6 is 23.1 Å². The molecule has 0 bridgehead atoms. The number of nitrogens with zero attached hydrogens (tertiary/aromatic N) is 3. The van der Waals surface area contributed by atoms with E-state index in [2.05, 4.69) is 4.99 Å². The van der Waals surface area contributed by atoms with Crippen molar-refractivity contribution in [2.45, 2.75) is 19.4 Å². The number of ether oxygens (including phenoxy) is 2. The minimum atomic E-state index is -0.387. The van der Waals surface area contributed by atoms with Gasteiger partial charge in [-0.15, -0.1) is 0 Å². The van der Waals surface area contributed by atoms with Crippen LogP contribution in [0.5, 0.6) is 11.5 Å². The van der Waals surface area contributed by atoms with Gasteiger partial charge in [0.05, 0.1) is 15.9 Å².